The van der Waals surface area contributed by atoms with Gasteiger partial charge in [-0.25, -0.2) is 4.98 Å². The quantitative estimate of drug-likeness (QED) is 0.396. The van der Waals surface area contributed by atoms with Crippen LogP contribution in [-0.2, 0) is 16.1 Å². The van der Waals surface area contributed by atoms with Crippen molar-refractivity contribution >= 4 is 29.3 Å². The summed E-state index contributed by atoms with van der Waals surface area (Å²) in [5.41, 5.74) is 8.34. The van der Waals surface area contributed by atoms with E-state index in [9.17, 15) is 9.59 Å². The molecule has 212 valence electrons. The van der Waals surface area contributed by atoms with Crippen LogP contribution in [0.4, 0.5) is 17.5 Å². The van der Waals surface area contributed by atoms with E-state index in [1.807, 2.05) is 24.3 Å². The first kappa shape index (κ1) is 28.7. The van der Waals surface area contributed by atoms with Crippen LogP contribution in [0.2, 0.25) is 0 Å². The second-order valence-electron chi connectivity index (χ2n) is 10.2. The zero-order chi connectivity index (χ0) is 27.3. The fourth-order valence-corrected chi connectivity index (χ4v) is 4.65. The number of nitrogens with one attached hydrogen (secondary N) is 4. The third-order valence-corrected chi connectivity index (χ3v) is 7.01. The van der Waals surface area contributed by atoms with Crippen molar-refractivity contribution in [2.45, 2.75) is 57.5 Å². The third kappa shape index (κ3) is 9.45. The van der Waals surface area contributed by atoms with Gasteiger partial charge >= 0.3 is 0 Å². The van der Waals surface area contributed by atoms with E-state index in [4.69, 9.17) is 10.5 Å². The lowest BCUT2D eigenvalue weighted by Crippen LogP contribution is -2.40. The van der Waals surface area contributed by atoms with E-state index in [2.05, 4.69) is 36.1 Å². The molecule has 4 rings (SSSR count). The van der Waals surface area contributed by atoms with Gasteiger partial charge in [-0.3, -0.25) is 14.5 Å². The number of hydrogen-bond donors (Lipinski definition) is 5. The van der Waals surface area contributed by atoms with Gasteiger partial charge in [0.15, 0.2) is 0 Å². The Labute approximate surface area is 230 Å². The topological polar surface area (TPSA) is 147 Å². The highest BCUT2D eigenvalue weighted by Gasteiger charge is 2.17. The molecule has 1 aromatic carbocycles. The predicted molar refractivity (Wildman–Crippen MR) is 153 cm³/mol. The fourth-order valence-electron chi connectivity index (χ4n) is 4.65. The van der Waals surface area contributed by atoms with E-state index in [1.54, 1.807) is 6.20 Å². The molecule has 1 atom stereocenters. The smallest absolute Gasteiger partial charge is 0.260 e. The van der Waals surface area contributed by atoms with Crippen molar-refractivity contribution in [1.82, 2.24) is 20.2 Å². The summed E-state index contributed by atoms with van der Waals surface area (Å²) in [7, 11) is 0. The number of carbonyl (C=O) groups is 2. The molecule has 1 fully saturated rings. The molecule has 2 aromatic rings. The molecule has 2 bridgehead atoms. The Bertz CT molecular complexity index is 1060. The Morgan fingerprint density at radius 3 is 2.44 bits per heavy atom. The average molecular weight is 539 g/mol. The second-order valence-corrected chi connectivity index (χ2v) is 10.2. The van der Waals surface area contributed by atoms with E-state index in [-0.39, 0.29) is 11.8 Å². The van der Waals surface area contributed by atoms with Crippen LogP contribution >= 0.6 is 0 Å². The van der Waals surface area contributed by atoms with Crippen molar-refractivity contribution in [1.29, 1.82) is 0 Å². The number of rotatable bonds is 4. The van der Waals surface area contributed by atoms with Crippen molar-refractivity contribution < 1.29 is 14.3 Å². The van der Waals surface area contributed by atoms with Gasteiger partial charge < -0.3 is 31.7 Å². The third-order valence-electron chi connectivity index (χ3n) is 7.01. The Morgan fingerprint density at radius 1 is 0.974 bits per heavy atom. The first-order valence-corrected chi connectivity index (χ1v) is 14.2. The lowest BCUT2D eigenvalue weighted by molar-refractivity contribution is -0.122. The molecule has 11 nitrogen and oxygen atoms in total. The number of anilines is 3. The van der Waals surface area contributed by atoms with Gasteiger partial charge in [0, 0.05) is 51.2 Å². The minimum atomic E-state index is -0.500. The SMILES string of the molecule is NC1CCCCNc2nc(ncc2C(=O)Nc2ccc(CN3CCOCC3)cc2)NCCCCCCNC1=O. The minimum Gasteiger partial charge on any atom is -0.379 e. The highest BCUT2D eigenvalue weighted by Crippen LogP contribution is 2.19. The molecule has 0 radical (unpaired) electrons. The van der Waals surface area contributed by atoms with E-state index < -0.39 is 6.04 Å². The van der Waals surface area contributed by atoms with Crippen molar-refractivity contribution in [3.8, 4) is 0 Å². The predicted octanol–water partition coefficient (Wildman–Crippen LogP) is 2.57. The molecule has 0 spiro atoms. The molecular formula is C28H42N8O3. The highest BCUT2D eigenvalue weighted by molar-refractivity contribution is 6.07. The van der Waals surface area contributed by atoms with Crippen LogP contribution in [0.1, 0.15) is 60.9 Å². The summed E-state index contributed by atoms with van der Waals surface area (Å²) in [6.45, 7) is 6.26. The van der Waals surface area contributed by atoms with Gasteiger partial charge in [-0.15, -0.1) is 0 Å². The number of nitrogens with two attached hydrogens (primary N) is 1. The van der Waals surface area contributed by atoms with Crippen molar-refractivity contribution in [2.24, 2.45) is 5.73 Å². The first-order chi connectivity index (χ1) is 19.1. The number of carbonyl (C=O) groups excluding carboxylic acids is 2. The molecule has 39 heavy (non-hydrogen) atoms. The Kier molecular flexibility index (Phi) is 11.3. The molecule has 1 saturated heterocycles. The van der Waals surface area contributed by atoms with E-state index in [0.717, 1.165) is 77.9 Å². The number of aromatic nitrogens is 2. The summed E-state index contributed by atoms with van der Waals surface area (Å²) in [4.78, 5) is 36.7. The zero-order valence-corrected chi connectivity index (χ0v) is 22.7. The van der Waals surface area contributed by atoms with Crippen molar-refractivity contribution in [3.63, 3.8) is 0 Å². The number of hydrogen-bond acceptors (Lipinski definition) is 9. The van der Waals surface area contributed by atoms with E-state index in [1.165, 1.54) is 5.56 Å². The van der Waals surface area contributed by atoms with Crippen LogP contribution in [0.15, 0.2) is 30.5 Å². The van der Waals surface area contributed by atoms with Gasteiger partial charge in [-0.05, 0) is 49.8 Å². The Hall–Kier alpha value is -3.28. The van der Waals surface area contributed by atoms with Gasteiger partial charge in [0.05, 0.1) is 19.3 Å². The summed E-state index contributed by atoms with van der Waals surface area (Å²) >= 11 is 0. The molecule has 2 aliphatic rings. The summed E-state index contributed by atoms with van der Waals surface area (Å²) in [5, 5.41) is 12.5. The Morgan fingerprint density at radius 2 is 1.67 bits per heavy atom. The van der Waals surface area contributed by atoms with Gasteiger partial charge in [0.1, 0.15) is 11.4 Å². The van der Waals surface area contributed by atoms with Crippen LogP contribution < -0.4 is 27.0 Å². The molecule has 0 aliphatic carbocycles. The maximum atomic E-state index is 13.2. The number of fused-ring (bicyclic) bond motifs is 2. The minimum absolute atomic E-state index is 0.0840. The lowest BCUT2D eigenvalue weighted by atomic mass is 10.1. The summed E-state index contributed by atoms with van der Waals surface area (Å²) in [5.74, 6) is 0.624. The molecule has 2 amide bonds. The standard InChI is InChI=1S/C28H42N8O3/c29-24-7-3-6-12-30-25-23(19-33-28(35-25)32-14-5-2-1-4-13-31-27(24)38)26(37)34-22-10-8-21(9-11-22)20-36-15-17-39-18-16-36/h8-11,19,24H,1-7,12-18,20,29H2,(H,31,38)(H,34,37)(H2,30,32,33,35). The average Bonchev–Trinajstić information content (AvgIpc) is 2.95. The van der Waals surface area contributed by atoms with Gasteiger partial charge in [0.2, 0.25) is 11.9 Å². The molecule has 0 saturated carbocycles. The molecule has 1 aromatic heterocycles. The van der Waals surface area contributed by atoms with Crippen LogP contribution in [0.25, 0.3) is 0 Å². The molecule has 11 heteroatoms. The number of benzene rings is 1. The maximum Gasteiger partial charge on any atom is 0.260 e. The number of nitrogens with zero attached hydrogens (tertiary/aromatic N) is 3. The largest absolute Gasteiger partial charge is 0.379 e. The number of amides is 2. The van der Waals surface area contributed by atoms with Gasteiger partial charge in [0.25, 0.3) is 5.91 Å². The first-order valence-electron chi connectivity index (χ1n) is 14.2. The van der Waals surface area contributed by atoms with Crippen LogP contribution in [0.3, 0.4) is 0 Å². The molecule has 3 heterocycles. The number of morpholine rings is 1. The normalized spacial score (nSPS) is 20.4. The van der Waals surface area contributed by atoms with Crippen molar-refractivity contribution in [3.05, 3.63) is 41.6 Å². The fraction of sp³-hybridized carbons (Fsp3) is 0.571. The van der Waals surface area contributed by atoms with Crippen LogP contribution in [-0.4, -0.2) is 78.7 Å². The van der Waals surface area contributed by atoms with E-state index in [0.29, 0.717) is 42.5 Å². The molecular weight excluding hydrogens is 496 g/mol. The Balaban J connectivity index is 1.38. The van der Waals surface area contributed by atoms with Crippen LogP contribution in [0.5, 0.6) is 0 Å². The summed E-state index contributed by atoms with van der Waals surface area (Å²) in [6, 6.07) is 7.42. The number of ether oxygens (including phenoxy) is 1. The van der Waals surface area contributed by atoms with Gasteiger partial charge in [-0.2, -0.15) is 4.98 Å². The monoisotopic (exact) mass is 538 g/mol. The van der Waals surface area contributed by atoms with Crippen molar-refractivity contribution in [2.75, 3.05) is 61.9 Å². The highest BCUT2D eigenvalue weighted by atomic mass is 16.5. The maximum absolute atomic E-state index is 13.2. The molecule has 2 aliphatic heterocycles. The summed E-state index contributed by atoms with van der Waals surface area (Å²) < 4.78 is 5.42. The second kappa shape index (κ2) is 15.3. The lowest BCUT2D eigenvalue weighted by Gasteiger charge is -2.26. The van der Waals surface area contributed by atoms with Crippen LogP contribution in [0, 0.1) is 0 Å². The summed E-state index contributed by atoms with van der Waals surface area (Å²) in [6.07, 6.45) is 7.71. The molecule has 6 N–H and O–H groups in total. The zero-order valence-electron chi connectivity index (χ0n) is 22.7. The van der Waals surface area contributed by atoms with Gasteiger partial charge in [-0.1, -0.05) is 25.0 Å². The van der Waals surface area contributed by atoms with E-state index >= 15 is 0 Å². The molecule has 1 unspecified atom stereocenters.